The number of hydrogen-bond donors (Lipinski definition) is 0. The summed E-state index contributed by atoms with van der Waals surface area (Å²) < 4.78 is 7.63. The van der Waals surface area contributed by atoms with Gasteiger partial charge in [0.05, 0.1) is 10.2 Å². The summed E-state index contributed by atoms with van der Waals surface area (Å²) in [6.07, 6.45) is 1.35. The number of amides is 4. The Balaban J connectivity index is 1.58. The fourth-order valence-corrected chi connectivity index (χ4v) is 4.53. The van der Waals surface area contributed by atoms with Crippen LogP contribution in [0.2, 0.25) is 0 Å². The largest absolute Gasteiger partial charge is 0.450 e. The minimum atomic E-state index is -0.659. The smallest absolute Gasteiger partial charge is 0.333 e. The summed E-state index contributed by atoms with van der Waals surface area (Å²) in [4.78, 5) is 42.6. The van der Waals surface area contributed by atoms with Gasteiger partial charge in [-0.2, -0.15) is 0 Å². The van der Waals surface area contributed by atoms with E-state index in [0.717, 1.165) is 24.4 Å². The van der Waals surface area contributed by atoms with Gasteiger partial charge in [0.15, 0.2) is 9.43 Å². The lowest BCUT2D eigenvalue weighted by atomic mass is 10.1. The molecule has 136 valence electrons. The highest BCUT2D eigenvalue weighted by molar-refractivity contribution is 8.01. The summed E-state index contributed by atoms with van der Waals surface area (Å²) in [6, 6.07) is 10.6. The van der Waals surface area contributed by atoms with Crippen molar-refractivity contribution in [2.24, 2.45) is 0 Å². The number of rotatable bonds is 3. The maximum Gasteiger partial charge on any atom is 0.333 e. The number of barbiturate groups is 1. The van der Waals surface area contributed by atoms with Crippen molar-refractivity contribution in [3.05, 3.63) is 47.7 Å². The van der Waals surface area contributed by atoms with Crippen molar-refractivity contribution in [3.63, 3.8) is 0 Å². The molecule has 3 aromatic rings. The summed E-state index contributed by atoms with van der Waals surface area (Å²) in [5.74, 6) is -0.953. The molecule has 0 saturated carbocycles. The molecule has 0 atom stereocenters. The Morgan fingerprint density at radius 1 is 1.04 bits per heavy atom. The number of imide groups is 2. The zero-order chi connectivity index (χ0) is 19.1. The minimum Gasteiger partial charge on any atom is -0.450 e. The average Bonchev–Trinajstić information content (AvgIpc) is 3.28. The van der Waals surface area contributed by atoms with Crippen molar-refractivity contribution in [1.82, 2.24) is 14.8 Å². The molecule has 1 saturated heterocycles. The van der Waals surface area contributed by atoms with Crippen LogP contribution in [0.25, 0.3) is 16.3 Å². The first-order chi connectivity index (χ1) is 12.9. The van der Waals surface area contributed by atoms with Gasteiger partial charge in [-0.25, -0.2) is 9.78 Å². The van der Waals surface area contributed by atoms with E-state index in [1.54, 1.807) is 23.5 Å². The first-order valence-corrected chi connectivity index (χ1v) is 9.52. The van der Waals surface area contributed by atoms with Crippen LogP contribution in [-0.4, -0.2) is 46.7 Å². The van der Waals surface area contributed by atoms with Crippen molar-refractivity contribution in [2.45, 2.75) is 9.43 Å². The van der Waals surface area contributed by atoms with Crippen molar-refractivity contribution >= 4 is 57.2 Å². The second-order valence-electron chi connectivity index (χ2n) is 5.78. The SMILES string of the molecule is CN1C(=O)C(=Cc2ccc(Sc3nc4ccccc4s3)o2)C(=O)N(C)C1=O. The lowest BCUT2D eigenvalue weighted by Crippen LogP contribution is -2.52. The third kappa shape index (κ3) is 3.15. The van der Waals surface area contributed by atoms with Gasteiger partial charge in [0, 0.05) is 14.1 Å². The molecule has 0 bridgehead atoms. The Morgan fingerprint density at radius 2 is 1.74 bits per heavy atom. The highest BCUT2D eigenvalue weighted by atomic mass is 32.2. The standard InChI is InChI=1S/C18H13N3O4S2/c1-20-15(22)11(16(23)21(2)18(20)24)9-10-7-8-14(25-10)27-17-19-12-5-3-4-6-13(12)26-17/h3-9H,1-2H3. The number of aromatic nitrogens is 1. The van der Waals surface area contributed by atoms with Crippen molar-refractivity contribution in [2.75, 3.05) is 14.1 Å². The molecule has 1 aliphatic heterocycles. The number of thiazole rings is 1. The van der Waals surface area contributed by atoms with Crippen molar-refractivity contribution < 1.29 is 18.8 Å². The van der Waals surface area contributed by atoms with Crippen LogP contribution in [0.15, 0.2) is 55.8 Å². The van der Waals surface area contributed by atoms with Gasteiger partial charge in [0.2, 0.25) is 0 Å². The number of benzene rings is 1. The number of carbonyl (C=O) groups is 3. The molecule has 4 rings (SSSR count). The summed E-state index contributed by atoms with van der Waals surface area (Å²) in [5.41, 5.74) is 0.804. The van der Waals surface area contributed by atoms with E-state index in [9.17, 15) is 14.4 Å². The van der Waals surface area contributed by atoms with Gasteiger partial charge in [-0.15, -0.1) is 11.3 Å². The maximum absolute atomic E-state index is 12.2. The molecule has 4 amide bonds. The molecule has 0 aliphatic carbocycles. The van der Waals surface area contributed by atoms with Crippen LogP contribution in [0.1, 0.15) is 5.76 Å². The second kappa shape index (κ2) is 6.67. The fourth-order valence-electron chi connectivity index (χ4n) is 2.56. The molecular formula is C18H13N3O4S2. The van der Waals surface area contributed by atoms with Crippen LogP contribution in [0.3, 0.4) is 0 Å². The van der Waals surface area contributed by atoms with Gasteiger partial charge in [0.1, 0.15) is 11.3 Å². The Hall–Kier alpha value is -2.91. The van der Waals surface area contributed by atoms with Crippen LogP contribution >= 0.6 is 23.1 Å². The summed E-state index contributed by atoms with van der Waals surface area (Å²) in [5, 5.41) is 0.592. The Morgan fingerprint density at radius 3 is 2.44 bits per heavy atom. The number of nitrogens with zero attached hydrogens (tertiary/aromatic N) is 3. The number of furan rings is 1. The van der Waals surface area contributed by atoms with Gasteiger partial charge < -0.3 is 4.42 Å². The van der Waals surface area contributed by atoms with E-state index in [0.29, 0.717) is 10.9 Å². The van der Waals surface area contributed by atoms with E-state index >= 15 is 0 Å². The van der Waals surface area contributed by atoms with E-state index < -0.39 is 17.8 Å². The zero-order valence-corrected chi connectivity index (χ0v) is 16.0. The normalized spacial score (nSPS) is 15.2. The second-order valence-corrected chi connectivity index (χ2v) is 8.06. The Bertz CT molecular complexity index is 1060. The molecule has 3 heterocycles. The Kier molecular flexibility index (Phi) is 4.33. The van der Waals surface area contributed by atoms with E-state index in [1.807, 2.05) is 24.3 Å². The molecule has 1 aliphatic rings. The van der Waals surface area contributed by atoms with E-state index in [-0.39, 0.29) is 5.57 Å². The van der Waals surface area contributed by atoms with Crippen LogP contribution in [0.4, 0.5) is 4.79 Å². The van der Waals surface area contributed by atoms with Gasteiger partial charge >= 0.3 is 6.03 Å². The molecule has 0 radical (unpaired) electrons. The van der Waals surface area contributed by atoms with Gasteiger partial charge in [-0.1, -0.05) is 12.1 Å². The molecule has 9 heteroatoms. The number of fused-ring (bicyclic) bond motifs is 1. The van der Waals surface area contributed by atoms with Crippen molar-refractivity contribution in [3.8, 4) is 0 Å². The van der Waals surface area contributed by atoms with Gasteiger partial charge in [0.25, 0.3) is 11.8 Å². The molecule has 27 heavy (non-hydrogen) atoms. The fraction of sp³-hybridized carbons (Fsp3) is 0.111. The molecule has 0 spiro atoms. The highest BCUT2D eigenvalue weighted by Gasteiger charge is 2.38. The highest BCUT2D eigenvalue weighted by Crippen LogP contribution is 2.35. The van der Waals surface area contributed by atoms with E-state index in [1.165, 1.54) is 31.9 Å². The monoisotopic (exact) mass is 399 g/mol. The maximum atomic E-state index is 12.2. The summed E-state index contributed by atoms with van der Waals surface area (Å²) in [7, 11) is 2.66. The average molecular weight is 399 g/mol. The predicted molar refractivity (Wildman–Crippen MR) is 101 cm³/mol. The number of carbonyl (C=O) groups excluding carboxylic acids is 3. The van der Waals surface area contributed by atoms with Gasteiger partial charge in [-0.3, -0.25) is 19.4 Å². The van der Waals surface area contributed by atoms with E-state index in [2.05, 4.69) is 4.98 Å². The third-order valence-corrected chi connectivity index (χ3v) is 6.01. The molecule has 2 aromatic heterocycles. The van der Waals surface area contributed by atoms with Crippen LogP contribution in [0, 0.1) is 0 Å². The van der Waals surface area contributed by atoms with Crippen LogP contribution < -0.4 is 0 Å². The molecule has 7 nitrogen and oxygen atoms in total. The molecular weight excluding hydrogens is 386 g/mol. The topological polar surface area (TPSA) is 83.7 Å². The summed E-state index contributed by atoms with van der Waals surface area (Å²) >= 11 is 2.92. The number of hydrogen-bond acceptors (Lipinski definition) is 7. The lowest BCUT2D eigenvalue weighted by Gasteiger charge is -2.28. The third-order valence-electron chi connectivity index (χ3n) is 3.99. The number of urea groups is 1. The molecule has 1 fully saturated rings. The number of para-hydroxylation sites is 1. The minimum absolute atomic E-state index is 0.120. The Labute approximate surface area is 162 Å². The predicted octanol–water partition coefficient (Wildman–Crippen LogP) is 3.47. The first-order valence-electron chi connectivity index (χ1n) is 7.89. The summed E-state index contributed by atoms with van der Waals surface area (Å²) in [6.45, 7) is 0. The molecule has 0 unspecified atom stereocenters. The van der Waals surface area contributed by atoms with Gasteiger partial charge in [-0.05, 0) is 42.1 Å². The van der Waals surface area contributed by atoms with Crippen LogP contribution in [0.5, 0.6) is 0 Å². The van der Waals surface area contributed by atoms with Crippen LogP contribution in [-0.2, 0) is 9.59 Å². The molecule has 0 N–H and O–H groups in total. The first kappa shape index (κ1) is 17.5. The van der Waals surface area contributed by atoms with Crippen molar-refractivity contribution in [1.29, 1.82) is 0 Å². The number of likely N-dealkylation sites (N-methyl/N-ethyl adjacent to an activating group) is 2. The molecule has 1 aromatic carbocycles. The quantitative estimate of drug-likeness (QED) is 0.495. The lowest BCUT2D eigenvalue weighted by molar-refractivity contribution is -0.134. The zero-order valence-electron chi connectivity index (χ0n) is 14.3. The van der Waals surface area contributed by atoms with E-state index in [4.69, 9.17) is 4.42 Å².